The van der Waals surface area contributed by atoms with Crippen molar-refractivity contribution in [1.29, 1.82) is 0 Å². The van der Waals surface area contributed by atoms with Crippen LogP contribution in [-0.2, 0) is 10.0 Å². The average Bonchev–Trinajstić information content (AvgIpc) is 2.20. The summed E-state index contributed by atoms with van der Waals surface area (Å²) in [5, 5.41) is 9.30. The van der Waals surface area contributed by atoms with Crippen molar-refractivity contribution in [2.45, 2.75) is 23.8 Å². The van der Waals surface area contributed by atoms with Gasteiger partial charge < -0.3 is 5.11 Å². The summed E-state index contributed by atoms with van der Waals surface area (Å²) in [6, 6.07) is 2.96. The molecule has 1 aromatic carbocycles. The molecule has 0 radical (unpaired) electrons. The Hall–Kier alpha value is 0.150. The fourth-order valence-corrected chi connectivity index (χ4v) is 5.00. The van der Waals surface area contributed by atoms with Gasteiger partial charge in [0.2, 0.25) is 10.0 Å². The lowest BCUT2D eigenvalue weighted by Crippen LogP contribution is -2.38. The van der Waals surface area contributed by atoms with Crippen LogP contribution in [-0.4, -0.2) is 26.2 Å². The van der Waals surface area contributed by atoms with Gasteiger partial charge in [-0.25, -0.2) is 13.1 Å². The molecule has 1 aromatic rings. The maximum atomic E-state index is 12.2. The molecule has 19 heavy (non-hydrogen) atoms. The third-order valence-corrected chi connectivity index (χ3v) is 5.81. The highest BCUT2D eigenvalue weighted by Gasteiger charge is 2.29. The molecule has 1 fully saturated rings. The van der Waals surface area contributed by atoms with Gasteiger partial charge in [0.1, 0.15) is 4.90 Å². The van der Waals surface area contributed by atoms with Gasteiger partial charge in [0.05, 0.1) is 16.1 Å². The second-order valence-corrected chi connectivity index (χ2v) is 7.98. The summed E-state index contributed by atoms with van der Waals surface area (Å²) in [6.07, 6.45) is 0.920. The van der Waals surface area contributed by atoms with E-state index < -0.39 is 10.0 Å². The van der Waals surface area contributed by atoms with Crippen molar-refractivity contribution in [2.75, 3.05) is 6.54 Å². The first-order valence-electron chi connectivity index (χ1n) is 5.62. The summed E-state index contributed by atoms with van der Waals surface area (Å²) in [5.41, 5.74) is 0. The zero-order valence-corrected chi connectivity index (χ0v) is 13.7. The fraction of sp³-hybridized carbons (Fsp3) is 0.455. The van der Waals surface area contributed by atoms with Crippen LogP contribution in [0.2, 0.25) is 10.0 Å². The molecule has 2 N–H and O–H groups in total. The molecule has 0 aromatic heterocycles. The molecule has 0 spiro atoms. The number of nitrogens with one attached hydrogen (secondary N) is 1. The average molecular weight is 389 g/mol. The molecule has 0 unspecified atom stereocenters. The smallest absolute Gasteiger partial charge is 0.243 e. The fourth-order valence-electron chi connectivity index (χ4n) is 1.95. The Kier molecular flexibility index (Phi) is 4.80. The van der Waals surface area contributed by atoms with Gasteiger partial charge >= 0.3 is 0 Å². The molecule has 8 heteroatoms. The number of sulfonamides is 1. The van der Waals surface area contributed by atoms with Gasteiger partial charge in [0.15, 0.2) is 0 Å². The highest BCUT2D eigenvalue weighted by molar-refractivity contribution is 9.10. The van der Waals surface area contributed by atoms with Gasteiger partial charge in [0, 0.05) is 11.0 Å². The van der Waals surface area contributed by atoms with Crippen LogP contribution in [0.1, 0.15) is 12.8 Å². The monoisotopic (exact) mass is 387 g/mol. The zero-order valence-electron chi connectivity index (χ0n) is 9.74. The van der Waals surface area contributed by atoms with Crippen molar-refractivity contribution in [2.24, 2.45) is 5.92 Å². The number of hydrogen-bond acceptors (Lipinski definition) is 3. The Labute approximate surface area is 130 Å². The highest BCUT2D eigenvalue weighted by atomic mass is 79.9. The van der Waals surface area contributed by atoms with Crippen molar-refractivity contribution in [3.8, 4) is 0 Å². The molecule has 0 aliphatic heterocycles. The second-order valence-electron chi connectivity index (χ2n) is 4.54. The molecule has 0 atom stereocenters. The molecule has 0 bridgehead atoms. The van der Waals surface area contributed by atoms with E-state index in [1.54, 1.807) is 0 Å². The van der Waals surface area contributed by atoms with Crippen molar-refractivity contribution >= 4 is 49.2 Å². The van der Waals surface area contributed by atoms with Crippen molar-refractivity contribution < 1.29 is 13.5 Å². The van der Waals surface area contributed by atoms with Crippen LogP contribution in [0.3, 0.4) is 0 Å². The Morgan fingerprint density at radius 1 is 1.32 bits per heavy atom. The van der Waals surface area contributed by atoms with E-state index in [2.05, 4.69) is 20.7 Å². The molecular weight excluding hydrogens is 377 g/mol. The van der Waals surface area contributed by atoms with Crippen molar-refractivity contribution in [3.05, 3.63) is 26.7 Å². The predicted octanol–water partition coefficient (Wildman–Crippen LogP) is 2.81. The minimum absolute atomic E-state index is 0.0699. The largest absolute Gasteiger partial charge is 0.393 e. The van der Waals surface area contributed by atoms with E-state index in [0.29, 0.717) is 17.3 Å². The summed E-state index contributed by atoms with van der Waals surface area (Å²) in [5.74, 6) is 0.165. The third-order valence-electron chi connectivity index (χ3n) is 3.00. The predicted molar refractivity (Wildman–Crippen MR) is 78.1 cm³/mol. The molecule has 0 saturated heterocycles. The number of hydrogen-bond donors (Lipinski definition) is 2. The molecule has 0 amide bonds. The van der Waals surface area contributed by atoms with Crippen LogP contribution in [0.25, 0.3) is 0 Å². The van der Waals surface area contributed by atoms with Gasteiger partial charge in [-0.1, -0.05) is 39.1 Å². The molecular formula is C11H12BrCl2NO3S. The van der Waals surface area contributed by atoms with E-state index in [0.717, 1.165) is 0 Å². The van der Waals surface area contributed by atoms with Gasteiger partial charge in [-0.2, -0.15) is 0 Å². The lowest BCUT2D eigenvalue weighted by atomic mass is 9.83. The number of halogens is 3. The minimum Gasteiger partial charge on any atom is -0.393 e. The normalized spacial score (nSPS) is 23.2. The number of rotatable bonds is 4. The van der Waals surface area contributed by atoms with Crippen LogP contribution < -0.4 is 4.72 Å². The molecule has 1 aliphatic rings. The first-order valence-corrected chi connectivity index (χ1v) is 8.65. The van der Waals surface area contributed by atoms with E-state index >= 15 is 0 Å². The summed E-state index contributed by atoms with van der Waals surface area (Å²) in [7, 11) is -3.74. The molecule has 1 aliphatic carbocycles. The van der Waals surface area contributed by atoms with Gasteiger partial charge in [0.25, 0.3) is 0 Å². The third kappa shape index (κ3) is 3.62. The van der Waals surface area contributed by atoms with Crippen LogP contribution in [0.5, 0.6) is 0 Å². The quantitative estimate of drug-likeness (QED) is 0.833. The van der Waals surface area contributed by atoms with E-state index in [1.165, 1.54) is 12.1 Å². The molecule has 0 heterocycles. The van der Waals surface area contributed by atoms with Crippen molar-refractivity contribution in [1.82, 2.24) is 4.72 Å². The topological polar surface area (TPSA) is 66.4 Å². The summed E-state index contributed by atoms with van der Waals surface area (Å²) >= 11 is 15.1. The van der Waals surface area contributed by atoms with Crippen LogP contribution >= 0.6 is 39.1 Å². The second kappa shape index (κ2) is 5.87. The number of benzene rings is 1. The Bertz CT molecular complexity index is 565. The summed E-state index contributed by atoms with van der Waals surface area (Å²) < 4.78 is 27.4. The van der Waals surface area contributed by atoms with Crippen LogP contribution in [0.4, 0.5) is 0 Å². The standard InChI is InChI=1S/C11H12BrCl2NO3S/c12-7-3-9(13)11(10(14)4-7)19(17,18)15-5-6-1-8(16)2-6/h3-4,6,8,15-16H,1-2,5H2. The first-order chi connectivity index (χ1) is 8.79. The van der Waals surface area contributed by atoms with Gasteiger partial charge in [-0.15, -0.1) is 0 Å². The van der Waals surface area contributed by atoms with E-state index in [1.807, 2.05) is 0 Å². The summed E-state index contributed by atoms with van der Waals surface area (Å²) in [6.45, 7) is 0.280. The lowest BCUT2D eigenvalue weighted by Gasteiger charge is -2.31. The summed E-state index contributed by atoms with van der Waals surface area (Å²) in [4.78, 5) is -0.112. The maximum absolute atomic E-state index is 12.2. The van der Waals surface area contributed by atoms with Crippen LogP contribution in [0.15, 0.2) is 21.5 Å². The SMILES string of the molecule is O=S(=O)(NCC1CC(O)C1)c1c(Cl)cc(Br)cc1Cl. The van der Waals surface area contributed by atoms with Gasteiger partial charge in [-0.05, 0) is 30.9 Å². The molecule has 106 valence electrons. The van der Waals surface area contributed by atoms with E-state index in [4.69, 9.17) is 28.3 Å². The van der Waals surface area contributed by atoms with Crippen LogP contribution in [0, 0.1) is 5.92 Å². The molecule has 1 saturated carbocycles. The Balaban J connectivity index is 2.15. The number of aliphatic hydroxyl groups is 1. The Morgan fingerprint density at radius 2 is 1.84 bits per heavy atom. The Morgan fingerprint density at radius 3 is 2.32 bits per heavy atom. The van der Waals surface area contributed by atoms with E-state index in [9.17, 15) is 8.42 Å². The zero-order chi connectivity index (χ0) is 14.2. The lowest BCUT2D eigenvalue weighted by molar-refractivity contribution is 0.0453. The number of aliphatic hydroxyl groups excluding tert-OH is 1. The molecule has 4 nitrogen and oxygen atoms in total. The van der Waals surface area contributed by atoms with Gasteiger partial charge in [-0.3, -0.25) is 0 Å². The van der Waals surface area contributed by atoms with E-state index in [-0.39, 0.29) is 33.5 Å². The first kappa shape index (κ1) is 15.5. The molecule has 2 rings (SSSR count). The highest BCUT2D eigenvalue weighted by Crippen LogP contribution is 2.33. The maximum Gasteiger partial charge on any atom is 0.243 e. The van der Waals surface area contributed by atoms with Crippen molar-refractivity contribution in [3.63, 3.8) is 0 Å². The minimum atomic E-state index is -3.74.